The number of phenolic OH excluding ortho intramolecular Hbond substituents is 2. The van der Waals surface area contributed by atoms with Crippen LogP contribution in [0.3, 0.4) is 0 Å². The van der Waals surface area contributed by atoms with Crippen molar-refractivity contribution in [3.05, 3.63) is 53.6 Å². The Morgan fingerprint density at radius 2 is 1.82 bits per heavy atom. The van der Waals surface area contributed by atoms with Crippen LogP contribution in [0.1, 0.15) is 56.1 Å². The molecule has 28 heavy (non-hydrogen) atoms. The molecule has 2 aromatic carbocycles. The monoisotopic (exact) mass is 400 g/mol. The van der Waals surface area contributed by atoms with Crippen LogP contribution in [0.2, 0.25) is 0 Å². The van der Waals surface area contributed by atoms with Gasteiger partial charge in [0.1, 0.15) is 11.5 Å². The average molecular weight is 401 g/mol. The van der Waals surface area contributed by atoms with E-state index < -0.39 is 0 Å². The van der Waals surface area contributed by atoms with Gasteiger partial charge in [0.25, 0.3) is 0 Å². The van der Waals surface area contributed by atoms with Crippen LogP contribution in [0.25, 0.3) is 0 Å². The van der Waals surface area contributed by atoms with E-state index in [1.165, 1.54) is 18.2 Å². The van der Waals surface area contributed by atoms with Gasteiger partial charge in [0.05, 0.1) is 7.11 Å². The highest BCUT2D eigenvalue weighted by molar-refractivity contribution is 7.99. The lowest BCUT2D eigenvalue weighted by atomic mass is 9.68. The van der Waals surface area contributed by atoms with E-state index in [2.05, 4.69) is 13.0 Å². The van der Waals surface area contributed by atoms with Crippen LogP contribution in [0.15, 0.2) is 47.4 Å². The number of carbonyl (C=O) groups is 1. The number of unbranched alkanes of at least 4 members (excludes halogenated alkanes) is 2. The Labute approximate surface area is 170 Å². The molecule has 0 spiro atoms. The number of phenols is 2. The summed E-state index contributed by atoms with van der Waals surface area (Å²) in [4.78, 5) is 12.5. The fourth-order valence-electron chi connectivity index (χ4n) is 4.10. The molecule has 150 valence electrons. The molecule has 0 saturated heterocycles. The molecule has 0 amide bonds. The molecule has 3 rings (SSSR count). The predicted molar refractivity (Wildman–Crippen MR) is 112 cm³/mol. The van der Waals surface area contributed by atoms with Gasteiger partial charge in [-0.25, -0.2) is 0 Å². The molecule has 0 bridgehead atoms. The summed E-state index contributed by atoms with van der Waals surface area (Å²) in [6, 6.07) is 13.2. The first-order chi connectivity index (χ1) is 13.4. The van der Waals surface area contributed by atoms with Crippen molar-refractivity contribution >= 4 is 17.7 Å². The zero-order valence-corrected chi connectivity index (χ0v) is 17.3. The van der Waals surface area contributed by atoms with Gasteiger partial charge in [-0.15, -0.1) is 11.8 Å². The van der Waals surface area contributed by atoms with E-state index in [9.17, 15) is 15.0 Å². The molecule has 0 radical (unpaired) electrons. The lowest BCUT2D eigenvalue weighted by Gasteiger charge is -2.43. The number of aromatic hydroxyl groups is 2. The van der Waals surface area contributed by atoms with Gasteiger partial charge in [0, 0.05) is 22.5 Å². The highest BCUT2D eigenvalue weighted by Crippen LogP contribution is 2.52. The van der Waals surface area contributed by atoms with Gasteiger partial charge >= 0.3 is 5.97 Å². The first kappa shape index (κ1) is 20.6. The van der Waals surface area contributed by atoms with Crippen molar-refractivity contribution in [2.45, 2.75) is 55.3 Å². The Morgan fingerprint density at radius 1 is 1.11 bits per heavy atom. The summed E-state index contributed by atoms with van der Waals surface area (Å²) >= 11 is 1.78. The second kappa shape index (κ2) is 8.91. The molecule has 0 aliphatic carbocycles. The molecular weight excluding hydrogens is 372 g/mol. The molecule has 1 aliphatic heterocycles. The van der Waals surface area contributed by atoms with E-state index in [1.54, 1.807) is 30.0 Å². The van der Waals surface area contributed by atoms with Crippen molar-refractivity contribution in [1.29, 1.82) is 0 Å². The third-order valence-electron chi connectivity index (χ3n) is 5.80. The quantitative estimate of drug-likeness (QED) is 0.483. The topological polar surface area (TPSA) is 66.8 Å². The summed E-state index contributed by atoms with van der Waals surface area (Å²) in [6.07, 6.45) is 4.33. The number of thioether (sulfide) groups is 1. The first-order valence-electron chi connectivity index (χ1n) is 9.76. The van der Waals surface area contributed by atoms with Crippen LogP contribution < -0.4 is 0 Å². The molecule has 1 heterocycles. The van der Waals surface area contributed by atoms with Crippen molar-refractivity contribution in [2.24, 2.45) is 0 Å². The average Bonchev–Trinajstić information content (AvgIpc) is 2.69. The molecule has 2 atom stereocenters. The maximum Gasteiger partial charge on any atom is 0.305 e. The number of hydrogen-bond donors (Lipinski definition) is 2. The number of carbonyl (C=O) groups excluding carboxylic acids is 1. The number of esters is 1. The Bertz CT molecular complexity index is 818. The van der Waals surface area contributed by atoms with Crippen LogP contribution in [-0.2, 0) is 14.9 Å². The summed E-state index contributed by atoms with van der Waals surface area (Å²) in [5, 5.41) is 19.6. The van der Waals surface area contributed by atoms with Crippen molar-refractivity contribution in [3.8, 4) is 11.5 Å². The Kier molecular flexibility index (Phi) is 6.55. The molecule has 2 unspecified atom stereocenters. The summed E-state index contributed by atoms with van der Waals surface area (Å²) in [5.41, 5.74) is 2.43. The number of hydrogen-bond acceptors (Lipinski definition) is 5. The van der Waals surface area contributed by atoms with Crippen LogP contribution in [0.4, 0.5) is 0 Å². The Morgan fingerprint density at radius 3 is 2.54 bits per heavy atom. The van der Waals surface area contributed by atoms with E-state index in [-0.39, 0.29) is 17.1 Å². The van der Waals surface area contributed by atoms with Crippen LogP contribution in [0.5, 0.6) is 11.5 Å². The van der Waals surface area contributed by atoms with Gasteiger partial charge in [-0.2, -0.15) is 0 Å². The van der Waals surface area contributed by atoms with Crippen molar-refractivity contribution in [2.75, 3.05) is 12.9 Å². The highest BCUT2D eigenvalue weighted by Gasteiger charge is 2.41. The van der Waals surface area contributed by atoms with E-state index in [1.807, 2.05) is 18.2 Å². The minimum Gasteiger partial charge on any atom is -0.508 e. The Balaban J connectivity index is 1.81. The zero-order chi connectivity index (χ0) is 20.1. The molecule has 0 aromatic heterocycles. The van der Waals surface area contributed by atoms with Gasteiger partial charge in [-0.1, -0.05) is 38.0 Å². The number of ether oxygens (including phenoxy) is 1. The number of fused-ring (bicyclic) bond motifs is 1. The van der Waals surface area contributed by atoms with E-state index in [4.69, 9.17) is 4.74 Å². The fraction of sp³-hybridized carbons (Fsp3) is 0.435. The molecule has 2 N–H and O–H groups in total. The summed E-state index contributed by atoms with van der Waals surface area (Å²) in [7, 11) is 1.43. The third kappa shape index (κ3) is 4.46. The normalized spacial score (nSPS) is 21.1. The van der Waals surface area contributed by atoms with Gasteiger partial charge in [-0.05, 0) is 54.2 Å². The second-order valence-corrected chi connectivity index (χ2v) is 8.72. The standard InChI is InChI=1S/C23H28O4S/c1-23(16-8-10-17(24)11-9-16)15-28-21-14-18(25)12-13-19(21)20(23)6-4-3-5-7-22(26)27-2/h8-14,20,24-25H,3-7,15H2,1-2H3. The predicted octanol–water partition coefficient (Wildman–Crippen LogP) is 5.37. The largest absolute Gasteiger partial charge is 0.508 e. The molecule has 0 fully saturated rings. The molecule has 2 aromatic rings. The van der Waals surface area contributed by atoms with Crippen molar-refractivity contribution < 1.29 is 19.7 Å². The third-order valence-corrected chi connectivity index (χ3v) is 7.21. The first-order valence-corrected chi connectivity index (χ1v) is 10.7. The highest BCUT2D eigenvalue weighted by atomic mass is 32.2. The Hall–Kier alpha value is -2.14. The molecule has 1 aliphatic rings. The van der Waals surface area contributed by atoms with E-state index in [0.717, 1.165) is 36.3 Å². The zero-order valence-electron chi connectivity index (χ0n) is 16.5. The molecule has 5 heteroatoms. The lowest BCUT2D eigenvalue weighted by Crippen LogP contribution is -2.36. The smallest absolute Gasteiger partial charge is 0.305 e. The summed E-state index contributed by atoms with van der Waals surface area (Å²) in [6.45, 7) is 2.29. The van der Waals surface area contributed by atoms with Crippen LogP contribution in [0, 0.1) is 0 Å². The van der Waals surface area contributed by atoms with Crippen molar-refractivity contribution in [1.82, 2.24) is 0 Å². The number of benzene rings is 2. The summed E-state index contributed by atoms with van der Waals surface area (Å²) in [5.74, 6) is 1.66. The fourth-order valence-corrected chi connectivity index (χ4v) is 5.51. The molecule has 4 nitrogen and oxygen atoms in total. The maximum atomic E-state index is 11.3. The minimum absolute atomic E-state index is 0.0648. The number of rotatable bonds is 7. The van der Waals surface area contributed by atoms with E-state index >= 15 is 0 Å². The van der Waals surface area contributed by atoms with Crippen LogP contribution in [-0.4, -0.2) is 29.0 Å². The maximum absolute atomic E-state index is 11.3. The summed E-state index contributed by atoms with van der Waals surface area (Å²) < 4.78 is 4.72. The minimum atomic E-state index is -0.149. The second-order valence-electron chi connectivity index (χ2n) is 7.70. The van der Waals surface area contributed by atoms with Gasteiger partial charge in [0.2, 0.25) is 0 Å². The van der Waals surface area contributed by atoms with E-state index in [0.29, 0.717) is 18.1 Å². The van der Waals surface area contributed by atoms with Gasteiger partial charge in [0.15, 0.2) is 0 Å². The van der Waals surface area contributed by atoms with Gasteiger partial charge < -0.3 is 14.9 Å². The van der Waals surface area contributed by atoms with Crippen molar-refractivity contribution in [3.63, 3.8) is 0 Å². The lowest BCUT2D eigenvalue weighted by molar-refractivity contribution is -0.140. The number of methoxy groups -OCH3 is 1. The van der Waals surface area contributed by atoms with Crippen LogP contribution >= 0.6 is 11.8 Å². The molecular formula is C23H28O4S. The SMILES string of the molecule is COC(=O)CCCCCC1c2ccc(O)cc2SCC1(C)c1ccc(O)cc1. The molecule has 0 saturated carbocycles. The van der Waals surface area contributed by atoms with Gasteiger partial charge in [-0.3, -0.25) is 4.79 Å².